The first-order valence-electron chi connectivity index (χ1n) is 10.8. The lowest BCUT2D eigenvalue weighted by molar-refractivity contribution is -0.156. The number of methoxy groups -OCH3 is 1. The van der Waals surface area contributed by atoms with E-state index in [0.29, 0.717) is 42.7 Å². The van der Waals surface area contributed by atoms with Crippen LogP contribution < -0.4 is 4.74 Å². The van der Waals surface area contributed by atoms with Crippen molar-refractivity contribution < 1.29 is 32.5 Å². The van der Waals surface area contributed by atoms with E-state index in [1.807, 2.05) is 24.3 Å². The Morgan fingerprint density at radius 2 is 1.82 bits per heavy atom. The molecule has 0 unspecified atom stereocenters. The molecule has 10 heteroatoms. The number of aromatic nitrogens is 3. The Labute approximate surface area is 194 Å². The van der Waals surface area contributed by atoms with Crippen molar-refractivity contribution in [2.75, 3.05) is 13.7 Å². The normalized spacial score (nSPS) is 20.8. The molecule has 1 fully saturated rings. The second-order valence-corrected chi connectivity index (χ2v) is 8.42. The van der Waals surface area contributed by atoms with Gasteiger partial charge in [0.15, 0.2) is 5.69 Å². The molecule has 0 atom stereocenters. The van der Waals surface area contributed by atoms with Crippen LogP contribution in [0.5, 0.6) is 5.75 Å². The highest BCUT2D eigenvalue weighted by atomic mass is 19.4. The largest absolute Gasteiger partial charge is 0.490 e. The number of H-pyrrole nitrogens is 1. The maximum Gasteiger partial charge on any atom is 0.434 e. The summed E-state index contributed by atoms with van der Waals surface area (Å²) in [7, 11) is 1.51. The smallest absolute Gasteiger partial charge is 0.434 e. The topological polar surface area (TPSA) is 97.3 Å². The van der Waals surface area contributed by atoms with Crippen LogP contribution in [0.3, 0.4) is 0 Å². The van der Waals surface area contributed by atoms with E-state index >= 15 is 0 Å². The average molecular weight is 475 g/mol. The van der Waals surface area contributed by atoms with Gasteiger partial charge in [0.1, 0.15) is 11.6 Å². The molecule has 1 aliphatic rings. The first-order valence-corrected chi connectivity index (χ1v) is 10.8. The van der Waals surface area contributed by atoms with Gasteiger partial charge in [0, 0.05) is 30.6 Å². The lowest BCUT2D eigenvalue weighted by Crippen LogP contribution is -2.41. The summed E-state index contributed by atoms with van der Waals surface area (Å²) in [6.07, 6.45) is -0.0324. The number of carbonyl (C=O) groups is 1. The minimum Gasteiger partial charge on any atom is -0.490 e. The van der Waals surface area contributed by atoms with E-state index in [0.717, 1.165) is 11.8 Å². The third-order valence-corrected chi connectivity index (χ3v) is 6.12. The van der Waals surface area contributed by atoms with Gasteiger partial charge in [0.05, 0.1) is 23.8 Å². The number of benzene rings is 1. The molecule has 0 bridgehead atoms. The summed E-state index contributed by atoms with van der Waals surface area (Å²) in [5.74, 6) is -0.0567. The summed E-state index contributed by atoms with van der Waals surface area (Å²) in [4.78, 5) is 22.1. The quantitative estimate of drug-likeness (QED) is 0.488. The van der Waals surface area contributed by atoms with Gasteiger partial charge in [-0.05, 0) is 62.1 Å². The van der Waals surface area contributed by atoms with Crippen LogP contribution >= 0.6 is 0 Å². The minimum absolute atomic E-state index is 0.0672. The first kappa shape index (κ1) is 23.7. The molecule has 180 valence electrons. The van der Waals surface area contributed by atoms with Gasteiger partial charge in [-0.15, -0.1) is 0 Å². The van der Waals surface area contributed by atoms with Crippen molar-refractivity contribution in [1.29, 1.82) is 0 Å². The molecule has 1 saturated carbocycles. The van der Waals surface area contributed by atoms with Crippen LogP contribution in [-0.4, -0.2) is 45.8 Å². The molecule has 2 aromatic heterocycles. The molecule has 2 N–H and O–H groups in total. The zero-order valence-corrected chi connectivity index (χ0v) is 18.4. The van der Waals surface area contributed by atoms with Crippen molar-refractivity contribution in [2.24, 2.45) is 5.41 Å². The first-order chi connectivity index (χ1) is 16.2. The summed E-state index contributed by atoms with van der Waals surface area (Å²) in [5.41, 5.74) is 0.0968. The molecule has 0 radical (unpaired) electrons. The molecular weight excluding hydrogens is 451 g/mol. The van der Waals surface area contributed by atoms with Gasteiger partial charge in [-0.2, -0.15) is 13.2 Å². The lowest BCUT2D eigenvalue weighted by Gasteiger charge is -2.36. The number of alkyl halides is 3. The van der Waals surface area contributed by atoms with Crippen LogP contribution in [0.1, 0.15) is 31.4 Å². The van der Waals surface area contributed by atoms with E-state index in [1.165, 1.54) is 13.3 Å². The Morgan fingerprint density at radius 3 is 2.35 bits per heavy atom. The fourth-order valence-electron chi connectivity index (χ4n) is 4.17. The van der Waals surface area contributed by atoms with Gasteiger partial charge in [0.2, 0.25) is 0 Å². The number of carboxylic acid groups (broad SMARTS) is 1. The molecule has 0 spiro atoms. The van der Waals surface area contributed by atoms with Gasteiger partial charge in [-0.1, -0.05) is 0 Å². The second-order valence-electron chi connectivity index (χ2n) is 8.42. The number of carboxylic acids is 1. The van der Waals surface area contributed by atoms with Gasteiger partial charge in [-0.3, -0.25) is 9.78 Å². The maximum atomic E-state index is 12.7. The van der Waals surface area contributed by atoms with Crippen LogP contribution in [0.2, 0.25) is 0 Å². The number of imidazole rings is 1. The number of hydrogen-bond donors (Lipinski definition) is 2. The minimum atomic E-state index is -4.51. The number of aliphatic carboxylic acids is 1. The van der Waals surface area contributed by atoms with E-state index < -0.39 is 23.3 Å². The monoisotopic (exact) mass is 475 g/mol. The van der Waals surface area contributed by atoms with Crippen molar-refractivity contribution in [2.45, 2.75) is 38.0 Å². The number of ether oxygens (including phenoxy) is 2. The van der Waals surface area contributed by atoms with Gasteiger partial charge in [0.25, 0.3) is 0 Å². The summed E-state index contributed by atoms with van der Waals surface area (Å²) in [6.45, 7) is 0.193. The molecule has 0 amide bonds. The van der Waals surface area contributed by atoms with E-state index in [2.05, 4.69) is 15.0 Å². The summed E-state index contributed by atoms with van der Waals surface area (Å²) >= 11 is 0. The molecule has 0 aliphatic heterocycles. The second kappa shape index (κ2) is 9.46. The fraction of sp³-hybridized carbons (Fsp3) is 0.375. The number of pyridine rings is 1. The van der Waals surface area contributed by atoms with Crippen molar-refractivity contribution in [1.82, 2.24) is 15.0 Å². The molecule has 0 saturated heterocycles. The van der Waals surface area contributed by atoms with Crippen molar-refractivity contribution in [3.8, 4) is 28.4 Å². The summed E-state index contributed by atoms with van der Waals surface area (Å²) < 4.78 is 49.4. The van der Waals surface area contributed by atoms with Crippen LogP contribution in [0.4, 0.5) is 13.2 Å². The Bertz CT molecular complexity index is 1120. The van der Waals surface area contributed by atoms with Crippen LogP contribution in [-0.2, 0) is 15.7 Å². The fourth-order valence-corrected chi connectivity index (χ4v) is 4.17. The van der Waals surface area contributed by atoms with Crippen LogP contribution in [0.25, 0.3) is 22.6 Å². The lowest BCUT2D eigenvalue weighted by atomic mass is 9.73. The number of aromatic amines is 1. The third-order valence-electron chi connectivity index (χ3n) is 6.12. The Balaban J connectivity index is 1.38. The zero-order chi connectivity index (χ0) is 24.3. The van der Waals surface area contributed by atoms with Gasteiger partial charge in [-0.25, -0.2) is 4.98 Å². The van der Waals surface area contributed by atoms with Crippen LogP contribution in [0, 0.1) is 5.41 Å². The SMILES string of the molecule is COC[C@]1(C(=O)O)CC[C@H](Oc2ccc(-c3ccc(-c4nc(C(F)(F)F)c[nH]4)cn3)cc2)CC1. The number of nitrogens with one attached hydrogen (secondary N) is 1. The molecule has 4 rings (SSSR count). The molecule has 7 nitrogen and oxygen atoms in total. The Morgan fingerprint density at radius 1 is 1.15 bits per heavy atom. The predicted molar refractivity (Wildman–Crippen MR) is 117 cm³/mol. The molecule has 3 aromatic rings. The number of rotatable bonds is 7. The van der Waals surface area contributed by atoms with Crippen LogP contribution in [0.15, 0.2) is 48.8 Å². The van der Waals surface area contributed by atoms with E-state index in [4.69, 9.17) is 9.47 Å². The van der Waals surface area contributed by atoms with E-state index in [9.17, 15) is 23.1 Å². The third kappa shape index (κ3) is 5.06. The average Bonchev–Trinajstić information content (AvgIpc) is 3.32. The van der Waals surface area contributed by atoms with Gasteiger partial charge < -0.3 is 19.6 Å². The highest BCUT2D eigenvalue weighted by Crippen LogP contribution is 2.38. The zero-order valence-electron chi connectivity index (χ0n) is 18.4. The van der Waals surface area contributed by atoms with Crippen molar-refractivity contribution >= 4 is 5.97 Å². The Kier molecular flexibility index (Phi) is 6.60. The Hall–Kier alpha value is -3.40. The molecule has 1 aliphatic carbocycles. The highest BCUT2D eigenvalue weighted by Gasteiger charge is 2.42. The van der Waals surface area contributed by atoms with E-state index in [-0.39, 0.29) is 18.5 Å². The predicted octanol–water partition coefficient (Wildman–Crippen LogP) is 5.20. The number of hydrogen-bond acceptors (Lipinski definition) is 5. The highest BCUT2D eigenvalue weighted by molar-refractivity contribution is 5.75. The van der Waals surface area contributed by atoms with E-state index in [1.54, 1.807) is 12.1 Å². The molecule has 2 heterocycles. The maximum absolute atomic E-state index is 12.7. The van der Waals surface area contributed by atoms with Gasteiger partial charge >= 0.3 is 12.1 Å². The molecular formula is C24H24F3N3O4. The summed E-state index contributed by atoms with van der Waals surface area (Å²) in [6, 6.07) is 10.7. The van der Waals surface area contributed by atoms with Crippen molar-refractivity contribution in [3.63, 3.8) is 0 Å². The van der Waals surface area contributed by atoms with Crippen molar-refractivity contribution in [3.05, 3.63) is 54.5 Å². The molecule has 34 heavy (non-hydrogen) atoms. The molecule has 1 aromatic carbocycles. The summed E-state index contributed by atoms with van der Waals surface area (Å²) in [5, 5.41) is 9.57. The number of nitrogens with zero attached hydrogens (tertiary/aromatic N) is 2. The standard InChI is InChI=1S/C24H24F3N3O4/c1-33-14-23(22(31)32)10-8-18(9-11-23)34-17-5-2-15(3-6-17)19-7-4-16(12-28-19)21-29-13-20(30-21)24(25,26)27/h2-7,12-13,18H,8-11,14H2,1H3,(H,29,30)(H,31,32)/t18-,23-. The number of halogens is 3.